The van der Waals surface area contributed by atoms with Crippen LogP contribution in [0.3, 0.4) is 0 Å². The van der Waals surface area contributed by atoms with E-state index in [4.69, 9.17) is 23.8 Å². The number of imidazole rings is 1. The molecular formula is C17H16ClF2N3OS. The highest BCUT2D eigenvalue weighted by Crippen LogP contribution is 2.36. The fourth-order valence-electron chi connectivity index (χ4n) is 3.42. The second-order valence-corrected chi connectivity index (χ2v) is 7.41. The highest BCUT2D eigenvalue weighted by atomic mass is 35.5. The quantitative estimate of drug-likeness (QED) is 0.622. The van der Waals surface area contributed by atoms with E-state index >= 15 is 0 Å². The van der Waals surface area contributed by atoms with E-state index < -0.39 is 11.6 Å². The third-order valence-corrected chi connectivity index (χ3v) is 5.51. The predicted octanol–water partition coefficient (Wildman–Crippen LogP) is 3.84. The average Bonchev–Trinajstić information content (AvgIpc) is 3.28. The number of H-pyrrole nitrogens is 1. The normalized spacial score (nSPS) is 19.1. The van der Waals surface area contributed by atoms with E-state index in [0.29, 0.717) is 24.3 Å². The van der Waals surface area contributed by atoms with Crippen LogP contribution in [-0.2, 0) is 24.3 Å². The third kappa shape index (κ3) is 3.00. The summed E-state index contributed by atoms with van der Waals surface area (Å²) in [4.78, 5) is 14.9. The maximum atomic E-state index is 14.3. The van der Waals surface area contributed by atoms with E-state index in [1.165, 1.54) is 12.1 Å². The molecule has 1 aliphatic carbocycles. The van der Waals surface area contributed by atoms with Crippen LogP contribution in [0.2, 0.25) is 5.02 Å². The first-order chi connectivity index (χ1) is 12.0. The Balaban J connectivity index is 1.58. The van der Waals surface area contributed by atoms with E-state index in [1.807, 2.05) is 4.57 Å². The number of fused-ring (bicyclic) bond motifs is 1. The molecule has 1 aromatic carbocycles. The van der Waals surface area contributed by atoms with Crippen LogP contribution in [0.1, 0.15) is 35.7 Å². The van der Waals surface area contributed by atoms with Crippen molar-refractivity contribution in [3.63, 3.8) is 0 Å². The van der Waals surface area contributed by atoms with Gasteiger partial charge in [-0.15, -0.1) is 0 Å². The minimum atomic E-state index is -0.712. The lowest BCUT2D eigenvalue weighted by Crippen LogP contribution is -2.24. The first kappa shape index (κ1) is 16.7. The summed E-state index contributed by atoms with van der Waals surface area (Å²) >= 11 is 11.1. The molecule has 2 aliphatic rings. The maximum Gasteiger partial charge on any atom is 0.223 e. The summed E-state index contributed by atoms with van der Waals surface area (Å²) in [6.45, 7) is 0.726. The molecule has 1 atom stereocenters. The Hall–Kier alpha value is -1.73. The highest BCUT2D eigenvalue weighted by Gasteiger charge is 2.33. The molecule has 2 heterocycles. The molecule has 1 aromatic heterocycles. The van der Waals surface area contributed by atoms with Crippen LogP contribution in [0, 0.1) is 22.3 Å². The monoisotopic (exact) mass is 383 g/mol. The zero-order valence-corrected chi connectivity index (χ0v) is 14.8. The van der Waals surface area contributed by atoms with Crippen molar-refractivity contribution in [1.82, 2.24) is 14.9 Å². The van der Waals surface area contributed by atoms with Crippen LogP contribution in [-0.4, -0.2) is 15.5 Å². The van der Waals surface area contributed by atoms with Crippen LogP contribution >= 0.6 is 23.8 Å². The second-order valence-electron chi connectivity index (χ2n) is 6.62. The molecule has 0 saturated heterocycles. The summed E-state index contributed by atoms with van der Waals surface area (Å²) in [5, 5.41) is 2.80. The zero-order valence-electron chi connectivity index (χ0n) is 13.2. The molecule has 132 valence electrons. The number of hydrogen-bond acceptors (Lipinski definition) is 2. The standard InChI is InChI=1S/C17H16ClF2N3OS/c18-10-3-4-11(19)14(15(10)20)9-5-13-12(22-17(25)23(13)7-9)6-21-16(24)8-1-2-8/h3-4,8-9H,1-2,5-7H2,(H,21,24)(H,22,25). The number of amides is 1. The molecule has 1 fully saturated rings. The van der Waals surface area contributed by atoms with Crippen molar-refractivity contribution in [2.45, 2.75) is 38.3 Å². The van der Waals surface area contributed by atoms with E-state index in [1.54, 1.807) is 0 Å². The molecule has 0 spiro atoms. The number of nitrogens with one attached hydrogen (secondary N) is 2. The number of hydrogen-bond donors (Lipinski definition) is 2. The summed E-state index contributed by atoms with van der Waals surface area (Å²) < 4.78 is 30.8. The van der Waals surface area contributed by atoms with Crippen molar-refractivity contribution < 1.29 is 13.6 Å². The Morgan fingerprint density at radius 1 is 1.40 bits per heavy atom. The van der Waals surface area contributed by atoms with Gasteiger partial charge < -0.3 is 14.9 Å². The fourth-order valence-corrected chi connectivity index (χ4v) is 3.89. The summed E-state index contributed by atoms with van der Waals surface area (Å²) in [5.41, 5.74) is 1.67. The average molecular weight is 384 g/mol. The van der Waals surface area contributed by atoms with Crippen molar-refractivity contribution in [2.75, 3.05) is 0 Å². The SMILES string of the molecule is O=C(NCc1[nH]c(=S)n2c1CC(c1c(F)ccc(Cl)c1F)C2)C1CC1. The molecule has 1 amide bonds. The van der Waals surface area contributed by atoms with E-state index in [2.05, 4.69) is 10.3 Å². The molecule has 1 unspecified atom stereocenters. The topological polar surface area (TPSA) is 49.8 Å². The van der Waals surface area contributed by atoms with Crippen LogP contribution in [0.5, 0.6) is 0 Å². The smallest absolute Gasteiger partial charge is 0.223 e. The number of carbonyl (C=O) groups is 1. The van der Waals surface area contributed by atoms with Gasteiger partial charge >= 0.3 is 0 Å². The largest absolute Gasteiger partial charge is 0.350 e. The highest BCUT2D eigenvalue weighted by molar-refractivity contribution is 7.71. The minimum absolute atomic E-state index is 0.00133. The first-order valence-corrected chi connectivity index (χ1v) is 8.96. The van der Waals surface area contributed by atoms with Crippen LogP contribution in [0.4, 0.5) is 8.78 Å². The Morgan fingerprint density at radius 2 is 2.16 bits per heavy atom. The Bertz CT molecular complexity index is 919. The number of aromatic amines is 1. The number of rotatable bonds is 4. The van der Waals surface area contributed by atoms with Gasteiger partial charge in [-0.3, -0.25) is 4.79 Å². The molecule has 25 heavy (non-hydrogen) atoms. The van der Waals surface area contributed by atoms with Crippen LogP contribution in [0.25, 0.3) is 0 Å². The minimum Gasteiger partial charge on any atom is -0.350 e. The van der Waals surface area contributed by atoms with Gasteiger partial charge in [-0.1, -0.05) is 11.6 Å². The Morgan fingerprint density at radius 3 is 2.88 bits per heavy atom. The summed E-state index contributed by atoms with van der Waals surface area (Å²) in [7, 11) is 0. The lowest BCUT2D eigenvalue weighted by atomic mass is 9.95. The molecule has 0 bridgehead atoms. The Labute approximate surface area is 153 Å². The first-order valence-electron chi connectivity index (χ1n) is 8.17. The molecule has 8 heteroatoms. The molecule has 2 aromatic rings. The van der Waals surface area contributed by atoms with Gasteiger partial charge in [-0.25, -0.2) is 8.78 Å². The van der Waals surface area contributed by atoms with Gasteiger partial charge in [0.1, 0.15) is 11.6 Å². The molecule has 2 N–H and O–H groups in total. The number of benzene rings is 1. The number of aromatic nitrogens is 2. The third-order valence-electron chi connectivity index (χ3n) is 4.90. The predicted molar refractivity (Wildman–Crippen MR) is 92.0 cm³/mol. The van der Waals surface area contributed by atoms with Gasteiger partial charge in [-0.2, -0.15) is 0 Å². The van der Waals surface area contributed by atoms with E-state index in [9.17, 15) is 13.6 Å². The van der Waals surface area contributed by atoms with Crippen molar-refractivity contribution in [3.05, 3.63) is 50.5 Å². The van der Waals surface area contributed by atoms with Crippen LogP contribution < -0.4 is 5.32 Å². The lowest BCUT2D eigenvalue weighted by molar-refractivity contribution is -0.122. The fraction of sp³-hybridized carbons (Fsp3) is 0.412. The molecule has 0 radical (unpaired) electrons. The molecule has 1 saturated carbocycles. The summed E-state index contributed by atoms with van der Waals surface area (Å²) in [6, 6.07) is 2.40. The van der Waals surface area contributed by atoms with Gasteiger partial charge in [0, 0.05) is 29.6 Å². The number of halogens is 3. The van der Waals surface area contributed by atoms with E-state index in [0.717, 1.165) is 24.2 Å². The number of nitrogens with zero attached hydrogens (tertiary/aromatic N) is 1. The van der Waals surface area contributed by atoms with Crippen LogP contribution in [0.15, 0.2) is 12.1 Å². The van der Waals surface area contributed by atoms with Gasteiger partial charge in [0.2, 0.25) is 5.91 Å². The molecule has 4 nitrogen and oxygen atoms in total. The van der Waals surface area contributed by atoms with Gasteiger partial charge in [0.05, 0.1) is 17.3 Å². The van der Waals surface area contributed by atoms with Crippen molar-refractivity contribution in [1.29, 1.82) is 0 Å². The maximum absolute atomic E-state index is 14.3. The van der Waals surface area contributed by atoms with Gasteiger partial charge in [0.15, 0.2) is 4.77 Å². The number of carbonyl (C=O) groups excluding carboxylic acids is 1. The lowest BCUT2D eigenvalue weighted by Gasteiger charge is -2.13. The Kier molecular flexibility index (Phi) is 4.16. The summed E-state index contributed by atoms with van der Waals surface area (Å²) in [5.74, 6) is -1.52. The van der Waals surface area contributed by atoms with Crippen molar-refractivity contribution in [2.24, 2.45) is 5.92 Å². The van der Waals surface area contributed by atoms with Gasteiger partial charge in [0.25, 0.3) is 0 Å². The zero-order chi connectivity index (χ0) is 17.7. The molecule has 4 rings (SSSR count). The van der Waals surface area contributed by atoms with Crippen molar-refractivity contribution in [3.8, 4) is 0 Å². The molecular weight excluding hydrogens is 368 g/mol. The van der Waals surface area contributed by atoms with E-state index in [-0.39, 0.29) is 28.3 Å². The van der Waals surface area contributed by atoms with Crippen molar-refractivity contribution >= 4 is 29.7 Å². The van der Waals surface area contributed by atoms with Gasteiger partial charge in [-0.05, 0) is 43.6 Å². The second kappa shape index (κ2) is 6.21. The molecule has 1 aliphatic heterocycles. The summed E-state index contributed by atoms with van der Waals surface area (Å²) in [6.07, 6.45) is 2.31.